The van der Waals surface area contributed by atoms with Gasteiger partial charge in [-0.15, -0.1) is 0 Å². The SMILES string of the molecule is [2H]C([2H])([2H])C([2H])(COc1cc(F)cc(Br)c1)C([2H])([2H])[2H]. The minimum Gasteiger partial charge on any atom is -0.493 e. The summed E-state index contributed by atoms with van der Waals surface area (Å²) in [5.74, 6) is -3.48. The first-order chi connectivity index (χ1) is 8.87. The van der Waals surface area contributed by atoms with Crippen molar-refractivity contribution in [1.82, 2.24) is 0 Å². The van der Waals surface area contributed by atoms with Gasteiger partial charge in [0.1, 0.15) is 11.6 Å². The van der Waals surface area contributed by atoms with Gasteiger partial charge in [0.15, 0.2) is 0 Å². The van der Waals surface area contributed by atoms with Gasteiger partial charge in [0, 0.05) is 20.1 Å². The Hall–Kier alpha value is -0.570. The van der Waals surface area contributed by atoms with E-state index in [0.717, 1.165) is 12.1 Å². The molecule has 0 aliphatic rings. The molecule has 1 rings (SSSR count). The zero-order chi connectivity index (χ0) is 15.8. The van der Waals surface area contributed by atoms with E-state index >= 15 is 0 Å². The molecule has 0 atom stereocenters. The quantitative estimate of drug-likeness (QED) is 0.800. The highest BCUT2D eigenvalue weighted by Crippen LogP contribution is 2.20. The van der Waals surface area contributed by atoms with Crippen LogP contribution in [0.1, 0.15) is 23.3 Å². The first-order valence-corrected chi connectivity index (χ1v) is 4.25. The Morgan fingerprint density at radius 1 is 1.62 bits per heavy atom. The molecule has 0 unspecified atom stereocenters. The lowest BCUT2D eigenvalue weighted by Gasteiger charge is -2.08. The average Bonchev–Trinajstić information content (AvgIpc) is 2.21. The normalized spacial score (nSPS) is 21.2. The second-order valence-electron chi connectivity index (χ2n) is 2.37. The van der Waals surface area contributed by atoms with Crippen molar-refractivity contribution in [2.75, 3.05) is 6.61 Å². The van der Waals surface area contributed by atoms with E-state index in [2.05, 4.69) is 15.9 Å². The highest BCUT2D eigenvalue weighted by atomic mass is 79.9. The van der Waals surface area contributed by atoms with Crippen molar-refractivity contribution in [2.24, 2.45) is 5.89 Å². The Balaban J connectivity index is 2.99. The van der Waals surface area contributed by atoms with Gasteiger partial charge in [-0.2, -0.15) is 0 Å². The third-order valence-electron chi connectivity index (χ3n) is 1.22. The fraction of sp³-hybridized carbons (Fsp3) is 0.400. The van der Waals surface area contributed by atoms with Crippen LogP contribution in [0.4, 0.5) is 4.39 Å². The second kappa shape index (κ2) is 4.61. The van der Waals surface area contributed by atoms with Gasteiger partial charge in [0.05, 0.1) is 6.61 Å². The van der Waals surface area contributed by atoms with Crippen LogP contribution < -0.4 is 4.74 Å². The maximum absolute atomic E-state index is 13.1. The predicted octanol–water partition coefficient (Wildman–Crippen LogP) is 3.62. The Morgan fingerprint density at radius 3 is 3.00 bits per heavy atom. The minimum atomic E-state index is -3.07. The van der Waals surface area contributed by atoms with Gasteiger partial charge in [-0.25, -0.2) is 4.39 Å². The molecule has 1 nitrogen and oxygen atoms in total. The second-order valence-corrected chi connectivity index (χ2v) is 3.29. The van der Waals surface area contributed by atoms with Crippen LogP contribution >= 0.6 is 15.9 Å². The lowest BCUT2D eigenvalue weighted by atomic mass is 10.2. The fourth-order valence-corrected chi connectivity index (χ4v) is 1.21. The summed E-state index contributed by atoms with van der Waals surface area (Å²) in [7, 11) is 0. The standard InChI is InChI=1S/C10H12BrFO/c1-7(2)6-13-10-4-8(11)3-9(12)5-10/h3-5,7H,6H2,1-2H3/i1D3,2D3,7D. The number of ether oxygens (including phenoxy) is 1. The Labute approximate surface area is 95.9 Å². The first-order valence-electron chi connectivity index (χ1n) is 6.96. The highest BCUT2D eigenvalue weighted by molar-refractivity contribution is 9.10. The fourth-order valence-electron chi connectivity index (χ4n) is 0.767. The summed E-state index contributed by atoms with van der Waals surface area (Å²) in [6.07, 6.45) is 0. The van der Waals surface area contributed by atoms with Crippen LogP contribution in [0.15, 0.2) is 22.7 Å². The van der Waals surface area contributed by atoms with Crippen LogP contribution in [0.25, 0.3) is 0 Å². The van der Waals surface area contributed by atoms with Crippen LogP contribution in [0, 0.1) is 11.7 Å². The molecule has 0 heterocycles. The number of hydrogen-bond acceptors (Lipinski definition) is 1. The summed E-state index contributed by atoms with van der Waals surface area (Å²) < 4.78 is 69.5. The molecule has 1 aromatic carbocycles. The molecule has 0 fully saturated rings. The van der Waals surface area contributed by atoms with Crippen molar-refractivity contribution in [3.05, 3.63) is 28.5 Å². The van der Waals surface area contributed by atoms with Crippen molar-refractivity contribution in [1.29, 1.82) is 0 Å². The third-order valence-corrected chi connectivity index (χ3v) is 1.68. The number of rotatable bonds is 3. The lowest BCUT2D eigenvalue weighted by molar-refractivity contribution is 0.270. The molecule has 0 saturated heterocycles. The van der Waals surface area contributed by atoms with Gasteiger partial charge >= 0.3 is 0 Å². The van der Waals surface area contributed by atoms with E-state index in [1.807, 2.05) is 0 Å². The smallest absolute Gasteiger partial charge is 0.128 e. The molecule has 0 radical (unpaired) electrons. The van der Waals surface area contributed by atoms with Gasteiger partial charge in [-0.3, -0.25) is 0 Å². The number of hydrogen-bond donors (Lipinski definition) is 0. The van der Waals surface area contributed by atoms with Crippen LogP contribution in [0.5, 0.6) is 5.75 Å². The highest BCUT2D eigenvalue weighted by Gasteiger charge is 2.00. The van der Waals surface area contributed by atoms with E-state index in [4.69, 9.17) is 14.3 Å². The van der Waals surface area contributed by atoms with Gasteiger partial charge in [0.2, 0.25) is 0 Å². The van der Waals surface area contributed by atoms with Gasteiger partial charge < -0.3 is 4.74 Å². The Bertz CT molecular complexity index is 451. The molecule has 0 aliphatic carbocycles. The van der Waals surface area contributed by atoms with Crippen molar-refractivity contribution < 1.29 is 18.7 Å². The predicted molar refractivity (Wildman–Crippen MR) is 54.4 cm³/mol. The molecule has 72 valence electrons. The van der Waals surface area contributed by atoms with Crippen molar-refractivity contribution in [3.8, 4) is 5.75 Å². The molecule has 0 aliphatic heterocycles. The van der Waals surface area contributed by atoms with E-state index in [0.29, 0.717) is 4.47 Å². The molecule has 0 aromatic heterocycles. The molecular formula is C10H12BrFO. The molecule has 0 amide bonds. The van der Waals surface area contributed by atoms with Crippen molar-refractivity contribution >= 4 is 15.9 Å². The maximum atomic E-state index is 13.1. The largest absolute Gasteiger partial charge is 0.493 e. The molecule has 3 heteroatoms. The van der Waals surface area contributed by atoms with Crippen molar-refractivity contribution in [2.45, 2.75) is 13.7 Å². The summed E-state index contributed by atoms with van der Waals surface area (Å²) in [6.45, 7) is -7.04. The lowest BCUT2D eigenvalue weighted by Crippen LogP contribution is -2.04. The van der Waals surface area contributed by atoms with Crippen LogP contribution in [-0.2, 0) is 0 Å². The molecule has 13 heavy (non-hydrogen) atoms. The van der Waals surface area contributed by atoms with E-state index in [9.17, 15) is 4.39 Å². The average molecular weight is 254 g/mol. The zero-order valence-corrected chi connectivity index (χ0v) is 8.19. The van der Waals surface area contributed by atoms with E-state index in [-0.39, 0.29) is 5.75 Å². The summed E-state index contributed by atoms with van der Waals surface area (Å²) in [4.78, 5) is 0. The third kappa shape index (κ3) is 3.77. The minimum absolute atomic E-state index is 0.0537. The Kier molecular flexibility index (Phi) is 1.52. The molecular weight excluding hydrogens is 235 g/mol. The number of benzene rings is 1. The topological polar surface area (TPSA) is 9.23 Å². The monoisotopic (exact) mass is 253 g/mol. The molecule has 1 aromatic rings. The molecule has 0 saturated carbocycles. The van der Waals surface area contributed by atoms with E-state index < -0.39 is 32.0 Å². The molecule has 0 N–H and O–H groups in total. The van der Waals surface area contributed by atoms with Gasteiger partial charge in [-0.1, -0.05) is 29.6 Å². The van der Waals surface area contributed by atoms with Crippen LogP contribution in [0.3, 0.4) is 0 Å². The first kappa shape index (κ1) is 4.30. The summed E-state index contributed by atoms with van der Waals surface area (Å²) >= 11 is 3.02. The zero-order valence-electron chi connectivity index (χ0n) is 13.6. The summed E-state index contributed by atoms with van der Waals surface area (Å²) in [5, 5.41) is 0. The summed E-state index contributed by atoms with van der Waals surface area (Å²) in [6, 6.07) is 3.49. The van der Waals surface area contributed by atoms with Crippen LogP contribution in [-0.4, -0.2) is 6.61 Å². The molecule has 0 bridgehead atoms. The van der Waals surface area contributed by atoms with Gasteiger partial charge in [0.25, 0.3) is 0 Å². The summed E-state index contributed by atoms with van der Waals surface area (Å²) in [5.41, 5.74) is 0. The Morgan fingerprint density at radius 2 is 2.38 bits per heavy atom. The van der Waals surface area contributed by atoms with E-state index in [1.54, 1.807) is 0 Å². The van der Waals surface area contributed by atoms with Gasteiger partial charge in [-0.05, 0) is 18.0 Å². The van der Waals surface area contributed by atoms with Crippen molar-refractivity contribution in [3.63, 3.8) is 0 Å². The van der Waals surface area contributed by atoms with Crippen LogP contribution in [0.2, 0.25) is 0 Å². The maximum Gasteiger partial charge on any atom is 0.128 e. The van der Waals surface area contributed by atoms with E-state index in [1.165, 1.54) is 6.07 Å². The molecule has 0 spiro atoms. The number of halogens is 2.